The molecule has 0 bridgehead atoms. The van der Waals surface area contributed by atoms with Crippen LogP contribution in [0.2, 0.25) is 0 Å². The average Bonchev–Trinajstić information content (AvgIpc) is 2.60. The van der Waals surface area contributed by atoms with E-state index in [1.54, 1.807) is 0 Å². The van der Waals surface area contributed by atoms with Crippen molar-refractivity contribution in [2.45, 2.75) is 25.9 Å². The molecule has 0 saturated carbocycles. The number of hydrogen-bond donors (Lipinski definition) is 0. The van der Waals surface area contributed by atoms with Crippen molar-refractivity contribution in [1.29, 1.82) is 0 Å². The van der Waals surface area contributed by atoms with Crippen molar-refractivity contribution in [3.8, 4) is 5.75 Å². The van der Waals surface area contributed by atoms with E-state index in [1.165, 1.54) is 19.2 Å². The number of esters is 1. The fourth-order valence-corrected chi connectivity index (χ4v) is 2.09. The van der Waals surface area contributed by atoms with E-state index in [0.29, 0.717) is 17.5 Å². The van der Waals surface area contributed by atoms with Crippen molar-refractivity contribution in [2.75, 3.05) is 7.11 Å². The van der Waals surface area contributed by atoms with Crippen LogP contribution in [-0.4, -0.2) is 23.6 Å². The van der Waals surface area contributed by atoms with E-state index >= 15 is 0 Å². The molecule has 1 aromatic carbocycles. The molecule has 6 nitrogen and oxygen atoms in total. The van der Waals surface area contributed by atoms with Crippen molar-refractivity contribution in [1.82, 2.24) is 0 Å². The van der Waals surface area contributed by atoms with E-state index in [2.05, 4.69) is 4.74 Å². The van der Waals surface area contributed by atoms with Gasteiger partial charge >= 0.3 is 11.7 Å². The van der Waals surface area contributed by atoms with E-state index < -0.39 is 16.5 Å². The Balaban J connectivity index is 2.61. The Hall–Kier alpha value is -2.11. The van der Waals surface area contributed by atoms with Crippen molar-refractivity contribution in [3.05, 3.63) is 33.4 Å². The van der Waals surface area contributed by atoms with Gasteiger partial charge in [0.05, 0.1) is 17.6 Å². The van der Waals surface area contributed by atoms with Gasteiger partial charge in [-0.3, -0.25) is 10.1 Å². The van der Waals surface area contributed by atoms with E-state index in [9.17, 15) is 14.9 Å². The van der Waals surface area contributed by atoms with Gasteiger partial charge in [-0.25, -0.2) is 4.79 Å². The van der Waals surface area contributed by atoms with Crippen LogP contribution in [-0.2, 0) is 11.2 Å². The van der Waals surface area contributed by atoms with E-state index in [4.69, 9.17) is 4.74 Å². The summed E-state index contributed by atoms with van der Waals surface area (Å²) in [6, 6.07) is 2.68. The first kappa shape index (κ1) is 12.3. The number of nitro benzene ring substituents is 1. The topological polar surface area (TPSA) is 78.7 Å². The monoisotopic (exact) mass is 251 g/mol. The summed E-state index contributed by atoms with van der Waals surface area (Å²) in [6.45, 7) is 3.63. The molecule has 18 heavy (non-hydrogen) atoms. The Morgan fingerprint density at radius 1 is 1.50 bits per heavy atom. The van der Waals surface area contributed by atoms with Crippen molar-refractivity contribution < 1.29 is 19.2 Å². The van der Waals surface area contributed by atoms with Gasteiger partial charge in [-0.15, -0.1) is 0 Å². The molecule has 0 spiro atoms. The number of ether oxygens (including phenoxy) is 2. The molecule has 2 rings (SSSR count). The Bertz CT molecular complexity index is 536. The second-order valence-corrected chi connectivity index (χ2v) is 4.73. The highest BCUT2D eigenvalue weighted by Gasteiger charge is 2.38. The molecule has 1 aromatic rings. The summed E-state index contributed by atoms with van der Waals surface area (Å²) in [5.74, 6) is -0.338. The minimum atomic E-state index is -0.558. The largest absolute Gasteiger partial charge is 0.480 e. The molecule has 0 atom stereocenters. The van der Waals surface area contributed by atoms with Crippen LogP contribution in [0.25, 0.3) is 0 Å². The van der Waals surface area contributed by atoms with Gasteiger partial charge in [0, 0.05) is 18.1 Å². The molecule has 0 aliphatic carbocycles. The van der Waals surface area contributed by atoms with Crippen LogP contribution < -0.4 is 4.74 Å². The SMILES string of the molecule is COC(=O)c1ccc([N+](=O)[O-])c2c1CC(C)(C)O2. The third-order valence-corrected chi connectivity index (χ3v) is 2.82. The fourth-order valence-electron chi connectivity index (χ4n) is 2.09. The summed E-state index contributed by atoms with van der Waals surface area (Å²) in [5.41, 5.74) is 0.185. The summed E-state index contributed by atoms with van der Waals surface area (Å²) in [7, 11) is 1.27. The maximum atomic E-state index is 11.6. The van der Waals surface area contributed by atoms with E-state index in [-0.39, 0.29) is 11.4 Å². The molecule has 1 aliphatic heterocycles. The number of nitrogens with zero attached hydrogens (tertiary/aromatic N) is 1. The van der Waals surface area contributed by atoms with Gasteiger partial charge in [0.25, 0.3) is 0 Å². The zero-order valence-electron chi connectivity index (χ0n) is 10.4. The summed E-state index contributed by atoms with van der Waals surface area (Å²) >= 11 is 0. The average molecular weight is 251 g/mol. The lowest BCUT2D eigenvalue weighted by Gasteiger charge is -2.16. The number of methoxy groups -OCH3 is 1. The lowest BCUT2D eigenvalue weighted by molar-refractivity contribution is -0.386. The second-order valence-electron chi connectivity index (χ2n) is 4.73. The molecule has 0 N–H and O–H groups in total. The first-order valence-electron chi connectivity index (χ1n) is 5.43. The third-order valence-electron chi connectivity index (χ3n) is 2.82. The van der Waals surface area contributed by atoms with Gasteiger partial charge in [-0.1, -0.05) is 0 Å². The molecule has 0 unspecified atom stereocenters. The molecule has 0 fully saturated rings. The van der Waals surface area contributed by atoms with Crippen molar-refractivity contribution in [2.24, 2.45) is 0 Å². The Kier molecular flexibility index (Phi) is 2.73. The molecule has 1 aliphatic rings. The van der Waals surface area contributed by atoms with Gasteiger partial charge in [0.2, 0.25) is 5.75 Å². The zero-order chi connectivity index (χ0) is 13.5. The lowest BCUT2D eigenvalue weighted by Crippen LogP contribution is -2.25. The van der Waals surface area contributed by atoms with Crippen LogP contribution in [0.5, 0.6) is 5.75 Å². The van der Waals surface area contributed by atoms with Crippen molar-refractivity contribution >= 4 is 11.7 Å². The highest BCUT2D eigenvalue weighted by Crippen LogP contribution is 2.43. The van der Waals surface area contributed by atoms with Crippen LogP contribution in [0.15, 0.2) is 12.1 Å². The quantitative estimate of drug-likeness (QED) is 0.457. The first-order valence-corrected chi connectivity index (χ1v) is 5.43. The van der Waals surface area contributed by atoms with E-state index in [1.807, 2.05) is 13.8 Å². The van der Waals surface area contributed by atoms with E-state index in [0.717, 1.165) is 0 Å². The molecular formula is C12H13NO5. The minimum Gasteiger partial charge on any atom is -0.480 e. The number of hydrogen-bond acceptors (Lipinski definition) is 5. The Morgan fingerprint density at radius 3 is 2.72 bits per heavy atom. The number of benzene rings is 1. The molecule has 6 heteroatoms. The number of nitro groups is 1. The highest BCUT2D eigenvalue weighted by molar-refractivity contribution is 5.93. The Morgan fingerprint density at radius 2 is 2.17 bits per heavy atom. The molecular weight excluding hydrogens is 238 g/mol. The predicted octanol–water partition coefficient (Wildman–Crippen LogP) is 2.09. The smallest absolute Gasteiger partial charge is 0.338 e. The van der Waals surface area contributed by atoms with Gasteiger partial charge in [0.15, 0.2) is 0 Å². The standard InChI is InChI=1S/C12H13NO5/c1-12(2)6-8-7(11(14)17-3)4-5-9(13(15)16)10(8)18-12/h4-5H,6H2,1-3H3. The maximum absolute atomic E-state index is 11.6. The number of fused-ring (bicyclic) bond motifs is 1. The molecule has 0 amide bonds. The molecule has 0 saturated heterocycles. The summed E-state index contributed by atoms with van der Waals surface area (Å²) < 4.78 is 10.2. The maximum Gasteiger partial charge on any atom is 0.338 e. The second kappa shape index (κ2) is 3.97. The minimum absolute atomic E-state index is 0.122. The van der Waals surface area contributed by atoms with Gasteiger partial charge in [-0.2, -0.15) is 0 Å². The highest BCUT2D eigenvalue weighted by atomic mass is 16.6. The lowest BCUT2D eigenvalue weighted by atomic mass is 9.97. The molecule has 0 radical (unpaired) electrons. The van der Waals surface area contributed by atoms with Gasteiger partial charge in [-0.05, 0) is 19.9 Å². The fraction of sp³-hybridized carbons (Fsp3) is 0.417. The number of carbonyl (C=O) groups is 1. The molecule has 1 heterocycles. The third kappa shape index (κ3) is 1.90. The normalized spacial score (nSPS) is 15.7. The Labute approximate surface area is 104 Å². The van der Waals surface area contributed by atoms with Crippen LogP contribution in [0.4, 0.5) is 5.69 Å². The number of rotatable bonds is 2. The predicted molar refractivity (Wildman–Crippen MR) is 62.8 cm³/mol. The van der Waals surface area contributed by atoms with Gasteiger partial charge < -0.3 is 9.47 Å². The van der Waals surface area contributed by atoms with Crippen molar-refractivity contribution in [3.63, 3.8) is 0 Å². The van der Waals surface area contributed by atoms with Gasteiger partial charge in [0.1, 0.15) is 5.60 Å². The van der Waals surface area contributed by atoms with Crippen LogP contribution >= 0.6 is 0 Å². The summed E-state index contributed by atoms with van der Waals surface area (Å²) in [5, 5.41) is 10.9. The molecule has 96 valence electrons. The van der Waals surface area contributed by atoms with Crippen LogP contribution in [0.1, 0.15) is 29.8 Å². The zero-order valence-corrected chi connectivity index (χ0v) is 10.4. The number of carbonyl (C=O) groups excluding carboxylic acids is 1. The first-order chi connectivity index (χ1) is 8.35. The summed E-state index contributed by atoms with van der Waals surface area (Å²) in [6.07, 6.45) is 0.439. The van der Waals surface area contributed by atoms with Crippen LogP contribution in [0, 0.1) is 10.1 Å². The summed E-state index contributed by atoms with van der Waals surface area (Å²) in [4.78, 5) is 22.0. The van der Waals surface area contributed by atoms with Crippen LogP contribution in [0.3, 0.4) is 0 Å². The molecule has 0 aromatic heterocycles.